The number of phenols is 1. The minimum absolute atomic E-state index is 0.0362. The molecule has 0 aliphatic rings. The van der Waals surface area contributed by atoms with Crippen molar-refractivity contribution in [3.05, 3.63) is 89.7 Å². The predicted molar refractivity (Wildman–Crippen MR) is 147 cm³/mol. The standard InChI is InChI=1S/C29H30F3N5O5/c1-36-28(29(30,31)32)34-27(35-36)20-7-9-22(10-8-20)42-18-21(38)17-37(16-19-5-3-2-4-6-19)13-14-41-23-11-12-25(39)24(15-23)26(33)40/h2-12,15,21,38-39H,13-14,16-18H2,1H3,(H2,33,40). The van der Waals surface area contributed by atoms with Crippen molar-refractivity contribution in [3.63, 3.8) is 0 Å². The van der Waals surface area contributed by atoms with Crippen molar-refractivity contribution in [1.29, 1.82) is 0 Å². The zero-order chi connectivity index (χ0) is 30.3. The molecular formula is C29H30F3N5O5. The van der Waals surface area contributed by atoms with Gasteiger partial charge in [-0.2, -0.15) is 18.3 Å². The first-order valence-corrected chi connectivity index (χ1v) is 12.9. The Labute approximate surface area is 239 Å². The number of aromatic hydroxyl groups is 1. The van der Waals surface area contributed by atoms with Gasteiger partial charge in [0.25, 0.3) is 5.91 Å². The molecule has 13 heteroatoms. The van der Waals surface area contributed by atoms with E-state index in [1.165, 1.54) is 25.2 Å². The van der Waals surface area contributed by atoms with Crippen molar-refractivity contribution >= 4 is 5.91 Å². The Morgan fingerprint density at radius 2 is 1.74 bits per heavy atom. The van der Waals surface area contributed by atoms with Gasteiger partial charge in [-0.3, -0.25) is 9.69 Å². The molecule has 1 heterocycles. The Balaban J connectivity index is 1.33. The Kier molecular flexibility index (Phi) is 9.65. The van der Waals surface area contributed by atoms with Gasteiger partial charge >= 0.3 is 6.18 Å². The zero-order valence-electron chi connectivity index (χ0n) is 22.7. The van der Waals surface area contributed by atoms with Crippen LogP contribution in [0.5, 0.6) is 17.2 Å². The molecule has 42 heavy (non-hydrogen) atoms. The van der Waals surface area contributed by atoms with Gasteiger partial charge in [-0.1, -0.05) is 30.3 Å². The monoisotopic (exact) mass is 585 g/mol. The van der Waals surface area contributed by atoms with Gasteiger partial charge in [0.1, 0.15) is 36.6 Å². The molecule has 0 spiro atoms. The lowest BCUT2D eigenvalue weighted by Gasteiger charge is -2.25. The minimum Gasteiger partial charge on any atom is -0.507 e. The first kappa shape index (κ1) is 30.3. The van der Waals surface area contributed by atoms with Gasteiger partial charge in [-0.05, 0) is 48.0 Å². The van der Waals surface area contributed by atoms with E-state index in [9.17, 15) is 28.2 Å². The van der Waals surface area contributed by atoms with E-state index in [-0.39, 0.29) is 36.9 Å². The normalized spacial score (nSPS) is 12.3. The third kappa shape index (κ3) is 8.21. The second kappa shape index (κ2) is 13.4. The van der Waals surface area contributed by atoms with Crippen LogP contribution in [0.3, 0.4) is 0 Å². The minimum atomic E-state index is -4.61. The number of aryl methyl sites for hydroxylation is 1. The average Bonchev–Trinajstić information content (AvgIpc) is 3.35. The second-order valence-corrected chi connectivity index (χ2v) is 9.48. The number of ether oxygens (including phenoxy) is 2. The molecule has 222 valence electrons. The van der Waals surface area contributed by atoms with Crippen molar-refractivity contribution in [2.75, 3.05) is 26.3 Å². The molecule has 0 saturated carbocycles. The van der Waals surface area contributed by atoms with Crippen LogP contribution < -0.4 is 15.2 Å². The molecular weight excluding hydrogens is 555 g/mol. The molecule has 1 atom stereocenters. The van der Waals surface area contributed by atoms with Gasteiger partial charge in [-0.15, -0.1) is 0 Å². The van der Waals surface area contributed by atoms with Crippen LogP contribution >= 0.6 is 0 Å². The summed E-state index contributed by atoms with van der Waals surface area (Å²) in [6, 6.07) is 20.1. The fraction of sp³-hybridized carbons (Fsp3) is 0.276. The molecule has 0 fully saturated rings. The molecule has 3 aromatic carbocycles. The quantitative estimate of drug-likeness (QED) is 0.217. The topological polar surface area (TPSA) is 136 Å². The number of amides is 1. The number of rotatable bonds is 13. The van der Waals surface area contributed by atoms with E-state index in [0.29, 0.717) is 34.8 Å². The SMILES string of the molecule is Cn1nc(-c2ccc(OCC(O)CN(CCOc3ccc(O)c(C(N)=O)c3)Cc3ccccc3)cc2)nc1C(F)(F)F. The number of carbonyl (C=O) groups is 1. The van der Waals surface area contributed by atoms with Crippen LogP contribution in [-0.4, -0.2) is 68.2 Å². The van der Waals surface area contributed by atoms with Crippen molar-refractivity contribution < 1.29 is 37.7 Å². The molecule has 4 rings (SSSR count). The van der Waals surface area contributed by atoms with E-state index in [1.54, 1.807) is 24.3 Å². The first-order chi connectivity index (χ1) is 20.0. The van der Waals surface area contributed by atoms with E-state index in [1.807, 2.05) is 35.2 Å². The maximum absolute atomic E-state index is 13.0. The summed E-state index contributed by atoms with van der Waals surface area (Å²) in [7, 11) is 1.18. The third-order valence-electron chi connectivity index (χ3n) is 6.20. The highest BCUT2D eigenvalue weighted by atomic mass is 19.4. The van der Waals surface area contributed by atoms with Gasteiger partial charge in [0.15, 0.2) is 5.82 Å². The summed E-state index contributed by atoms with van der Waals surface area (Å²) in [6.07, 6.45) is -5.49. The van der Waals surface area contributed by atoms with Gasteiger partial charge in [0.05, 0.1) is 5.56 Å². The molecule has 1 aromatic heterocycles. The second-order valence-electron chi connectivity index (χ2n) is 9.48. The third-order valence-corrected chi connectivity index (χ3v) is 6.20. The summed E-state index contributed by atoms with van der Waals surface area (Å²) in [6.45, 7) is 1.38. The Morgan fingerprint density at radius 3 is 2.38 bits per heavy atom. The maximum Gasteiger partial charge on any atom is 0.451 e. The number of alkyl halides is 3. The molecule has 1 amide bonds. The highest BCUT2D eigenvalue weighted by Gasteiger charge is 2.37. The highest BCUT2D eigenvalue weighted by molar-refractivity contribution is 5.95. The summed E-state index contributed by atoms with van der Waals surface area (Å²) >= 11 is 0. The van der Waals surface area contributed by atoms with Gasteiger partial charge in [0, 0.05) is 32.2 Å². The number of aliphatic hydroxyl groups excluding tert-OH is 1. The number of hydrogen-bond donors (Lipinski definition) is 3. The number of nitrogens with two attached hydrogens (primary N) is 1. The number of carbonyl (C=O) groups excluding carboxylic acids is 1. The van der Waals surface area contributed by atoms with E-state index in [2.05, 4.69) is 10.1 Å². The first-order valence-electron chi connectivity index (χ1n) is 12.9. The Morgan fingerprint density at radius 1 is 1.05 bits per heavy atom. The van der Waals surface area contributed by atoms with Crippen molar-refractivity contribution in [2.24, 2.45) is 12.8 Å². The van der Waals surface area contributed by atoms with E-state index < -0.39 is 24.0 Å². The number of nitrogens with zero attached hydrogens (tertiary/aromatic N) is 4. The molecule has 0 aliphatic heterocycles. The van der Waals surface area contributed by atoms with Crippen LogP contribution in [0.1, 0.15) is 21.7 Å². The van der Waals surface area contributed by atoms with Crippen LogP contribution in [0, 0.1) is 0 Å². The summed E-state index contributed by atoms with van der Waals surface area (Å²) in [4.78, 5) is 17.0. The van der Waals surface area contributed by atoms with Gasteiger partial charge < -0.3 is 25.4 Å². The summed E-state index contributed by atoms with van der Waals surface area (Å²) in [5.74, 6) is -1.38. The Hall–Kier alpha value is -4.62. The van der Waals surface area contributed by atoms with E-state index >= 15 is 0 Å². The molecule has 0 aliphatic carbocycles. The lowest BCUT2D eigenvalue weighted by molar-refractivity contribution is -0.147. The van der Waals surface area contributed by atoms with Gasteiger partial charge in [0.2, 0.25) is 5.82 Å². The van der Waals surface area contributed by atoms with Crippen LogP contribution in [0.25, 0.3) is 11.4 Å². The van der Waals surface area contributed by atoms with E-state index in [0.717, 1.165) is 5.56 Å². The summed E-state index contributed by atoms with van der Waals surface area (Å²) in [5, 5.41) is 24.3. The van der Waals surface area contributed by atoms with Crippen molar-refractivity contribution in [3.8, 4) is 28.6 Å². The number of aromatic nitrogens is 3. The smallest absolute Gasteiger partial charge is 0.451 e. The fourth-order valence-corrected chi connectivity index (χ4v) is 4.17. The van der Waals surface area contributed by atoms with Crippen LogP contribution in [0.4, 0.5) is 13.2 Å². The lowest BCUT2D eigenvalue weighted by Crippen LogP contribution is -2.37. The van der Waals surface area contributed by atoms with Crippen LogP contribution in [-0.2, 0) is 19.8 Å². The number of primary amides is 1. The summed E-state index contributed by atoms with van der Waals surface area (Å²) < 4.78 is 51.2. The molecule has 4 N–H and O–H groups in total. The van der Waals surface area contributed by atoms with Crippen LogP contribution in [0.15, 0.2) is 72.8 Å². The fourth-order valence-electron chi connectivity index (χ4n) is 4.17. The molecule has 4 aromatic rings. The highest BCUT2D eigenvalue weighted by Crippen LogP contribution is 2.29. The Bertz CT molecular complexity index is 1480. The van der Waals surface area contributed by atoms with Crippen LogP contribution in [0.2, 0.25) is 0 Å². The number of hydrogen-bond acceptors (Lipinski definition) is 8. The van der Waals surface area contributed by atoms with Crippen molar-refractivity contribution in [1.82, 2.24) is 19.7 Å². The maximum atomic E-state index is 13.0. The molecule has 0 radical (unpaired) electrons. The number of benzene rings is 3. The zero-order valence-corrected chi connectivity index (χ0v) is 22.7. The number of aliphatic hydroxyl groups is 1. The molecule has 1 unspecified atom stereocenters. The summed E-state index contributed by atoms with van der Waals surface area (Å²) in [5.41, 5.74) is 6.65. The number of halogens is 3. The molecule has 10 nitrogen and oxygen atoms in total. The van der Waals surface area contributed by atoms with Gasteiger partial charge in [-0.25, -0.2) is 9.67 Å². The largest absolute Gasteiger partial charge is 0.507 e. The van der Waals surface area contributed by atoms with E-state index in [4.69, 9.17) is 15.2 Å². The molecule has 0 bridgehead atoms. The van der Waals surface area contributed by atoms with Crippen molar-refractivity contribution in [2.45, 2.75) is 18.8 Å². The lowest BCUT2D eigenvalue weighted by atomic mass is 10.2. The average molecular weight is 586 g/mol. The molecule has 0 saturated heterocycles. The predicted octanol–water partition coefficient (Wildman–Crippen LogP) is 3.63.